The van der Waals surface area contributed by atoms with Gasteiger partial charge in [-0.15, -0.1) is 0 Å². The van der Waals surface area contributed by atoms with Crippen molar-refractivity contribution in [1.29, 1.82) is 0 Å². The molecule has 0 spiro atoms. The lowest BCUT2D eigenvalue weighted by Gasteiger charge is -2.41. The van der Waals surface area contributed by atoms with E-state index in [1.54, 1.807) is 5.69 Å². The fourth-order valence-corrected chi connectivity index (χ4v) is 4.52. The summed E-state index contributed by atoms with van der Waals surface area (Å²) in [7, 11) is 0. The maximum absolute atomic E-state index is 4.21. The third-order valence-electron chi connectivity index (χ3n) is 5.78. The molecular formula is C24H33N2+. The van der Waals surface area contributed by atoms with E-state index >= 15 is 0 Å². The molecule has 0 bridgehead atoms. The first-order valence-electron chi connectivity index (χ1n) is 10.2. The van der Waals surface area contributed by atoms with Crippen LogP contribution in [0.1, 0.15) is 48.8 Å². The van der Waals surface area contributed by atoms with Crippen LogP contribution in [0.4, 0.5) is 5.69 Å². The molecule has 2 heteroatoms. The normalized spacial score (nSPS) is 19.6. The molecule has 0 saturated heterocycles. The molecule has 1 aliphatic heterocycles. The molecule has 1 aromatic carbocycles. The van der Waals surface area contributed by atoms with Gasteiger partial charge in [0.25, 0.3) is 0 Å². The standard InChI is InChI=1S/C24H33N2/c1-21-12-10-13-22(2)24(21)26(18-8-5-9-19-26)17-7-4-3-6-14-23-15-11-16-25-20-23/h5,8,10-13,15-16,20H,3-4,6-7,9,14,17-19H2,1-2H3/q+1. The number of benzene rings is 1. The van der Waals surface area contributed by atoms with E-state index in [0.717, 1.165) is 17.4 Å². The van der Waals surface area contributed by atoms with Gasteiger partial charge >= 0.3 is 0 Å². The Labute approximate surface area is 159 Å². The van der Waals surface area contributed by atoms with Gasteiger partial charge in [0.1, 0.15) is 12.2 Å². The Morgan fingerprint density at radius 1 is 0.923 bits per heavy atom. The Morgan fingerprint density at radius 3 is 2.42 bits per heavy atom. The Kier molecular flexibility index (Phi) is 6.62. The maximum atomic E-state index is 4.21. The third kappa shape index (κ3) is 4.62. The van der Waals surface area contributed by atoms with E-state index in [2.05, 4.69) is 55.2 Å². The predicted octanol–water partition coefficient (Wildman–Crippen LogP) is 5.77. The van der Waals surface area contributed by atoms with Crippen molar-refractivity contribution in [1.82, 2.24) is 9.47 Å². The topological polar surface area (TPSA) is 12.9 Å². The highest BCUT2D eigenvalue weighted by Gasteiger charge is 2.32. The van der Waals surface area contributed by atoms with Crippen LogP contribution < -0.4 is 4.48 Å². The van der Waals surface area contributed by atoms with Gasteiger partial charge < -0.3 is 0 Å². The molecule has 26 heavy (non-hydrogen) atoms. The molecule has 1 aliphatic rings. The average molecular weight is 350 g/mol. The molecule has 2 aromatic rings. The van der Waals surface area contributed by atoms with E-state index in [1.807, 2.05) is 18.5 Å². The van der Waals surface area contributed by atoms with Crippen molar-refractivity contribution in [2.24, 2.45) is 0 Å². The van der Waals surface area contributed by atoms with Gasteiger partial charge in [0.05, 0.1) is 13.1 Å². The van der Waals surface area contributed by atoms with Gasteiger partial charge in [-0.25, -0.2) is 0 Å². The molecule has 2 nitrogen and oxygen atoms in total. The SMILES string of the molecule is Cc1cccc(C)c1[N+]1(CCCCCCc2cccnc2)CC=CCC1. The molecular weight excluding hydrogens is 316 g/mol. The van der Waals surface area contributed by atoms with E-state index < -0.39 is 0 Å². The van der Waals surface area contributed by atoms with Gasteiger partial charge in [-0.1, -0.05) is 36.8 Å². The summed E-state index contributed by atoms with van der Waals surface area (Å²) < 4.78 is 1.15. The fraction of sp³-hybridized carbons (Fsp3) is 0.458. The van der Waals surface area contributed by atoms with E-state index in [1.165, 1.54) is 61.9 Å². The first-order valence-corrected chi connectivity index (χ1v) is 10.2. The van der Waals surface area contributed by atoms with Crippen molar-refractivity contribution in [2.45, 2.75) is 52.4 Å². The summed E-state index contributed by atoms with van der Waals surface area (Å²) in [4.78, 5) is 4.21. The van der Waals surface area contributed by atoms with Crippen LogP contribution in [0.15, 0.2) is 54.9 Å². The smallest absolute Gasteiger partial charge is 0.138 e. The molecule has 2 heterocycles. The average Bonchev–Trinajstić information content (AvgIpc) is 2.66. The Bertz CT molecular complexity index is 700. The van der Waals surface area contributed by atoms with E-state index in [4.69, 9.17) is 0 Å². The lowest BCUT2D eigenvalue weighted by molar-refractivity contribution is 0.285. The summed E-state index contributed by atoms with van der Waals surface area (Å²) >= 11 is 0. The van der Waals surface area contributed by atoms with Gasteiger partial charge in [0.2, 0.25) is 0 Å². The fourth-order valence-electron chi connectivity index (χ4n) is 4.52. The van der Waals surface area contributed by atoms with Crippen LogP contribution in [0.3, 0.4) is 0 Å². The van der Waals surface area contributed by atoms with Crippen molar-refractivity contribution in [3.63, 3.8) is 0 Å². The number of para-hydroxylation sites is 1. The van der Waals surface area contributed by atoms with Crippen molar-refractivity contribution < 1.29 is 0 Å². The van der Waals surface area contributed by atoms with Gasteiger partial charge in [0.15, 0.2) is 0 Å². The summed E-state index contributed by atoms with van der Waals surface area (Å²) in [6.45, 7) is 8.24. The molecule has 0 saturated carbocycles. The highest BCUT2D eigenvalue weighted by Crippen LogP contribution is 2.33. The number of unbranched alkanes of at least 4 members (excludes halogenated alkanes) is 3. The molecule has 0 radical (unpaired) electrons. The molecule has 3 rings (SSSR count). The number of rotatable bonds is 8. The Hall–Kier alpha value is -1.93. The summed E-state index contributed by atoms with van der Waals surface area (Å²) in [5, 5.41) is 0. The predicted molar refractivity (Wildman–Crippen MR) is 112 cm³/mol. The second-order valence-corrected chi connectivity index (χ2v) is 7.80. The van der Waals surface area contributed by atoms with Crippen LogP contribution in [0.25, 0.3) is 0 Å². The molecule has 0 fully saturated rings. The quantitative estimate of drug-likeness (QED) is 0.335. The molecule has 0 amide bonds. The van der Waals surface area contributed by atoms with Gasteiger partial charge in [0, 0.05) is 29.9 Å². The van der Waals surface area contributed by atoms with E-state index in [0.29, 0.717) is 0 Å². The van der Waals surface area contributed by atoms with Crippen LogP contribution in [-0.4, -0.2) is 24.6 Å². The molecule has 0 aliphatic carbocycles. The second kappa shape index (κ2) is 9.14. The van der Waals surface area contributed by atoms with Crippen molar-refractivity contribution in [3.8, 4) is 0 Å². The van der Waals surface area contributed by atoms with E-state index in [-0.39, 0.29) is 0 Å². The minimum absolute atomic E-state index is 1.15. The molecule has 1 atom stereocenters. The number of aromatic nitrogens is 1. The van der Waals surface area contributed by atoms with Crippen LogP contribution in [0.2, 0.25) is 0 Å². The Balaban J connectivity index is 1.55. The van der Waals surface area contributed by atoms with Crippen molar-refractivity contribution in [2.75, 3.05) is 19.6 Å². The van der Waals surface area contributed by atoms with Gasteiger partial charge in [-0.3, -0.25) is 9.47 Å². The van der Waals surface area contributed by atoms with Crippen LogP contribution in [0.5, 0.6) is 0 Å². The van der Waals surface area contributed by atoms with Crippen LogP contribution in [0, 0.1) is 13.8 Å². The highest BCUT2D eigenvalue weighted by molar-refractivity contribution is 5.56. The van der Waals surface area contributed by atoms with Gasteiger partial charge in [-0.2, -0.15) is 0 Å². The molecule has 1 unspecified atom stereocenters. The number of hydrogen-bond donors (Lipinski definition) is 0. The van der Waals surface area contributed by atoms with Crippen LogP contribution in [-0.2, 0) is 6.42 Å². The highest BCUT2D eigenvalue weighted by atomic mass is 15.4. The minimum Gasteiger partial charge on any atom is -0.287 e. The zero-order valence-corrected chi connectivity index (χ0v) is 16.5. The number of quaternary nitrogens is 1. The first-order chi connectivity index (χ1) is 12.7. The molecule has 138 valence electrons. The third-order valence-corrected chi connectivity index (χ3v) is 5.78. The van der Waals surface area contributed by atoms with E-state index in [9.17, 15) is 0 Å². The van der Waals surface area contributed by atoms with Crippen molar-refractivity contribution in [3.05, 3.63) is 71.6 Å². The zero-order chi connectivity index (χ0) is 18.2. The van der Waals surface area contributed by atoms with Crippen molar-refractivity contribution >= 4 is 5.69 Å². The number of pyridine rings is 1. The lowest BCUT2D eigenvalue weighted by atomic mass is 10.0. The molecule has 1 aromatic heterocycles. The molecule has 0 N–H and O–H groups in total. The number of nitrogens with zero attached hydrogens (tertiary/aromatic N) is 2. The lowest BCUT2D eigenvalue weighted by Crippen LogP contribution is -2.52. The van der Waals surface area contributed by atoms with Crippen LogP contribution >= 0.6 is 0 Å². The minimum atomic E-state index is 1.15. The summed E-state index contributed by atoms with van der Waals surface area (Å²) in [6, 6.07) is 11.0. The first kappa shape index (κ1) is 18.8. The summed E-state index contributed by atoms with van der Waals surface area (Å²) in [5.41, 5.74) is 5.86. The monoisotopic (exact) mass is 349 g/mol. The summed E-state index contributed by atoms with van der Waals surface area (Å²) in [5.74, 6) is 0. The summed E-state index contributed by atoms with van der Waals surface area (Å²) in [6.07, 6.45) is 16.2. The van der Waals surface area contributed by atoms with Gasteiger partial charge in [-0.05, 0) is 57.2 Å². The maximum Gasteiger partial charge on any atom is 0.138 e. The zero-order valence-electron chi connectivity index (χ0n) is 16.5. The number of hydrogen-bond acceptors (Lipinski definition) is 1. The number of aryl methyl sites for hydroxylation is 3. The largest absolute Gasteiger partial charge is 0.287 e. The second-order valence-electron chi connectivity index (χ2n) is 7.80. The Morgan fingerprint density at radius 2 is 1.73 bits per heavy atom.